The molecule has 10 heterocycles. The van der Waals surface area contributed by atoms with Gasteiger partial charge in [-0.15, -0.1) is 0 Å². The van der Waals surface area contributed by atoms with Crippen molar-refractivity contribution in [2.45, 2.75) is 0 Å². The molecule has 10 aromatic heterocycles. The first-order valence-electron chi connectivity index (χ1n) is 36.7. The lowest BCUT2D eigenvalue weighted by Crippen LogP contribution is -1.92. The first-order valence-corrected chi connectivity index (χ1v) is 36.7. The van der Waals surface area contributed by atoms with Crippen LogP contribution in [0.5, 0.6) is 0 Å². The van der Waals surface area contributed by atoms with Crippen molar-refractivity contribution in [1.82, 2.24) is 49.8 Å². The Morgan fingerprint density at radius 3 is 0.918 bits per heavy atom. The minimum Gasteiger partial charge on any atom is -0.256 e. The summed E-state index contributed by atoms with van der Waals surface area (Å²) >= 11 is 0. The van der Waals surface area contributed by atoms with E-state index < -0.39 is 0 Å². The third kappa shape index (κ3) is 12.6. The topological polar surface area (TPSA) is 129 Å². The molecule has 0 fully saturated rings. The van der Waals surface area contributed by atoms with Crippen LogP contribution in [0.3, 0.4) is 0 Å². The van der Waals surface area contributed by atoms with Crippen molar-refractivity contribution in [3.63, 3.8) is 0 Å². The lowest BCUT2D eigenvalue weighted by molar-refractivity contribution is 1.32. The highest BCUT2D eigenvalue weighted by Crippen LogP contribution is 2.40. The molecule has 0 radical (unpaired) electrons. The summed E-state index contributed by atoms with van der Waals surface area (Å²) < 4.78 is 0. The molecule has 0 bridgehead atoms. The number of nitrogens with zero attached hydrogens (tertiary/aromatic N) is 10. The van der Waals surface area contributed by atoms with Crippen LogP contribution in [0.25, 0.3) is 211 Å². The molecule has 0 spiro atoms. The minimum absolute atomic E-state index is 0.902. The van der Waals surface area contributed by atoms with Crippen LogP contribution in [-0.2, 0) is 0 Å². The maximum Gasteiger partial charge on any atom is 0.0972 e. The lowest BCUT2D eigenvalue weighted by Gasteiger charge is -2.14. The number of pyridine rings is 10. The van der Waals surface area contributed by atoms with Crippen LogP contribution in [0.15, 0.2) is 377 Å². The fourth-order valence-corrected chi connectivity index (χ4v) is 15.1. The van der Waals surface area contributed by atoms with Gasteiger partial charge in [0.1, 0.15) is 0 Å². The normalized spacial score (nSPS) is 11.5. The van der Waals surface area contributed by atoms with Crippen molar-refractivity contribution in [2.24, 2.45) is 0 Å². The van der Waals surface area contributed by atoms with Gasteiger partial charge in [0.2, 0.25) is 0 Å². The Morgan fingerprint density at radius 2 is 0.455 bits per heavy atom. The van der Waals surface area contributed by atoms with E-state index in [1.54, 1.807) is 0 Å². The van der Waals surface area contributed by atoms with Crippen molar-refractivity contribution in [1.29, 1.82) is 0 Å². The van der Waals surface area contributed by atoms with Crippen molar-refractivity contribution in [3.05, 3.63) is 377 Å². The Labute approximate surface area is 633 Å². The molecule has 0 amide bonds. The van der Waals surface area contributed by atoms with E-state index in [9.17, 15) is 0 Å². The summed E-state index contributed by atoms with van der Waals surface area (Å²) in [5.41, 5.74) is 30.2. The molecule has 0 aliphatic heterocycles. The van der Waals surface area contributed by atoms with Gasteiger partial charge < -0.3 is 0 Å². The molecule has 0 unspecified atom stereocenters. The van der Waals surface area contributed by atoms with Gasteiger partial charge in [0.05, 0.1) is 84.0 Å². The van der Waals surface area contributed by atoms with Gasteiger partial charge in [-0.1, -0.05) is 200 Å². The van der Waals surface area contributed by atoms with E-state index >= 15 is 0 Å². The second-order valence-corrected chi connectivity index (χ2v) is 27.6. The fourth-order valence-electron chi connectivity index (χ4n) is 15.1. The van der Waals surface area contributed by atoms with Crippen molar-refractivity contribution in [2.75, 3.05) is 0 Å². The number of para-hydroxylation sites is 2. The number of hydrogen-bond donors (Lipinski definition) is 0. The molecule has 21 aromatic rings. The van der Waals surface area contributed by atoms with E-state index in [0.29, 0.717) is 0 Å². The quantitative estimate of drug-likeness (QED) is 0.115. The average Bonchev–Trinajstić information content (AvgIpc) is 0.772. The summed E-state index contributed by atoms with van der Waals surface area (Å²) in [6.45, 7) is 0. The average molecular weight is 1400 g/mol. The standard InChI is InChI=1S/C53H33N5.C47H29N5/c1-2-25-54-47(16-1)39-10-3-11-40(29-39)48-22-19-34-17-18-38(33-51(34)58-48)37-20-23-49-41(28-37)21-24-50(57-49)44-31-42(45-14-4-8-35-12-6-26-55-52(35)45)30-43(32-44)46-15-5-9-36-13-7-27-56-53(36)46;1-2-24-48-40(11-1)35-6-3-7-36(27-35)42-20-16-30-12-15-34(29-45(30)51-42)33-18-22-43-39(26-33)19-23-41(50-43)37-8-4-9-38(28-37)44-21-17-32-14-13-31-10-5-25-49-46(31)47(32)52-44/h1-33H;1-29H. The molecule has 11 aromatic carbocycles. The molecular weight excluding hydrogens is 1340 g/mol. The molecule has 512 valence electrons. The lowest BCUT2D eigenvalue weighted by atomic mass is 9.92. The molecule has 0 aliphatic rings. The molecule has 10 nitrogen and oxygen atoms in total. The van der Waals surface area contributed by atoms with E-state index in [2.05, 4.69) is 306 Å². The van der Waals surface area contributed by atoms with Crippen LogP contribution >= 0.6 is 0 Å². The van der Waals surface area contributed by atoms with Crippen LogP contribution in [0.4, 0.5) is 0 Å². The highest BCUT2D eigenvalue weighted by atomic mass is 14.8. The van der Waals surface area contributed by atoms with Crippen molar-refractivity contribution in [3.8, 4) is 123 Å². The molecule has 0 atom stereocenters. The summed E-state index contributed by atoms with van der Waals surface area (Å²) in [4.78, 5) is 48.9. The van der Waals surface area contributed by atoms with Gasteiger partial charge >= 0.3 is 0 Å². The summed E-state index contributed by atoms with van der Waals surface area (Å²) in [6, 6.07) is 120. The molecule has 0 saturated carbocycles. The van der Waals surface area contributed by atoms with E-state index in [1.165, 1.54) is 0 Å². The largest absolute Gasteiger partial charge is 0.256 e. The molecule has 110 heavy (non-hydrogen) atoms. The van der Waals surface area contributed by atoms with Crippen LogP contribution < -0.4 is 0 Å². The minimum atomic E-state index is 0.902. The van der Waals surface area contributed by atoms with Crippen LogP contribution in [0.2, 0.25) is 0 Å². The third-order valence-corrected chi connectivity index (χ3v) is 20.7. The Bertz CT molecular complexity index is 7080. The smallest absolute Gasteiger partial charge is 0.0972 e. The van der Waals surface area contributed by atoms with Gasteiger partial charge in [-0.25, -0.2) is 24.9 Å². The maximum atomic E-state index is 5.25. The maximum absolute atomic E-state index is 5.25. The summed E-state index contributed by atoms with van der Waals surface area (Å²) in [5, 5.41) is 8.73. The van der Waals surface area contributed by atoms with Crippen molar-refractivity contribution < 1.29 is 0 Å². The zero-order chi connectivity index (χ0) is 72.9. The molecule has 10 heteroatoms. The Morgan fingerprint density at radius 1 is 0.136 bits per heavy atom. The fraction of sp³-hybridized carbons (Fsp3) is 0. The van der Waals surface area contributed by atoms with Gasteiger partial charge in [0.25, 0.3) is 0 Å². The Hall–Kier alpha value is -15.0. The zero-order valence-corrected chi connectivity index (χ0v) is 59.3. The second-order valence-electron chi connectivity index (χ2n) is 27.6. The first kappa shape index (κ1) is 64.6. The van der Waals surface area contributed by atoms with E-state index in [4.69, 9.17) is 34.9 Å². The number of hydrogen-bond acceptors (Lipinski definition) is 10. The highest BCUT2D eigenvalue weighted by molar-refractivity contribution is 6.04. The summed E-state index contributed by atoms with van der Waals surface area (Å²) in [7, 11) is 0. The number of benzene rings is 11. The molecule has 0 N–H and O–H groups in total. The third-order valence-electron chi connectivity index (χ3n) is 20.7. The van der Waals surface area contributed by atoms with E-state index in [1.807, 2.05) is 85.6 Å². The Kier molecular flexibility index (Phi) is 16.3. The van der Waals surface area contributed by atoms with E-state index in [-0.39, 0.29) is 0 Å². The molecular formula is C100H62N10. The molecule has 0 saturated heterocycles. The molecule has 21 rings (SSSR count). The van der Waals surface area contributed by atoms with Gasteiger partial charge in [-0.05, 0) is 179 Å². The van der Waals surface area contributed by atoms with Gasteiger partial charge in [0, 0.05) is 124 Å². The predicted molar refractivity (Wildman–Crippen MR) is 451 cm³/mol. The van der Waals surface area contributed by atoms with Gasteiger partial charge in [-0.2, -0.15) is 0 Å². The van der Waals surface area contributed by atoms with Gasteiger partial charge in [-0.3, -0.25) is 24.9 Å². The number of fused-ring (bicyclic) bond motifs is 9. The number of aromatic nitrogens is 10. The van der Waals surface area contributed by atoms with Crippen LogP contribution in [-0.4, -0.2) is 49.8 Å². The Balaban J connectivity index is 0.000000145. The summed E-state index contributed by atoms with van der Waals surface area (Å²) in [6.07, 6.45) is 9.19. The summed E-state index contributed by atoms with van der Waals surface area (Å²) in [5.74, 6) is 0. The van der Waals surface area contributed by atoms with Crippen LogP contribution in [0.1, 0.15) is 0 Å². The van der Waals surface area contributed by atoms with E-state index in [0.717, 1.165) is 211 Å². The highest BCUT2D eigenvalue weighted by Gasteiger charge is 2.17. The van der Waals surface area contributed by atoms with Gasteiger partial charge in [0.15, 0.2) is 0 Å². The van der Waals surface area contributed by atoms with Crippen LogP contribution in [0, 0.1) is 0 Å². The number of rotatable bonds is 11. The SMILES string of the molecule is c1ccc(-c2cccc(-c3ccc4ccc(-c5ccc6nc(-c7cc(-c8cccc9cccnc89)cc(-c8cccc9cccnc89)c7)ccc6c5)cc4n3)c2)nc1.c1ccc(-c2cccc(-c3ccc4ccc(-c5ccc6nc(-c7cccc(-c8ccc9ccc%10cccnc%10c9n8)c7)ccc6c5)cc4n3)c2)nc1. The second kappa shape index (κ2) is 27.8. The monoisotopic (exact) mass is 1400 g/mol. The predicted octanol–water partition coefficient (Wildman–Crippen LogP) is 24.9. The van der Waals surface area contributed by atoms with Crippen molar-refractivity contribution >= 4 is 87.2 Å². The molecule has 0 aliphatic carbocycles. The zero-order valence-electron chi connectivity index (χ0n) is 59.3. The first-order chi connectivity index (χ1) is 54.4.